The van der Waals surface area contributed by atoms with Crippen LogP contribution in [0.1, 0.15) is 26.3 Å². The summed E-state index contributed by atoms with van der Waals surface area (Å²) in [4.78, 5) is 5.14. The third-order valence-electron chi connectivity index (χ3n) is 6.13. The van der Waals surface area contributed by atoms with E-state index in [1.54, 1.807) is 0 Å². The van der Waals surface area contributed by atoms with Crippen molar-refractivity contribution >= 4 is 0 Å². The summed E-state index contributed by atoms with van der Waals surface area (Å²) in [6.07, 6.45) is -0.249. The van der Waals surface area contributed by atoms with Crippen LogP contribution < -0.4 is 0 Å². The Morgan fingerprint density at radius 1 is 0.950 bits per heavy atom. The van der Waals surface area contributed by atoms with Crippen LogP contribution in [0.4, 0.5) is 0 Å². The van der Waals surface area contributed by atoms with E-state index in [2.05, 4.69) is 60.9 Å². The van der Waals surface area contributed by atoms with E-state index in [1.807, 2.05) is 0 Å². The molecule has 4 saturated heterocycles. The Balaban J connectivity index is 1.86. The fourth-order valence-electron chi connectivity index (χ4n) is 4.86. The zero-order valence-electron chi connectivity index (χ0n) is 12.6. The minimum atomic E-state index is -0.249. The van der Waals surface area contributed by atoms with Crippen molar-refractivity contribution in [3.8, 4) is 0 Å². The van der Waals surface area contributed by atoms with E-state index in [0.717, 1.165) is 26.2 Å². The lowest BCUT2D eigenvalue weighted by Crippen LogP contribution is -2.84. The van der Waals surface area contributed by atoms with Crippen molar-refractivity contribution in [1.82, 2.24) is 9.80 Å². The van der Waals surface area contributed by atoms with Gasteiger partial charge >= 0.3 is 0 Å². The molecular formula is C17H24N2O. The van der Waals surface area contributed by atoms with Crippen molar-refractivity contribution in [1.29, 1.82) is 0 Å². The number of aliphatic hydroxyl groups is 1. The first kappa shape index (κ1) is 12.8. The van der Waals surface area contributed by atoms with Gasteiger partial charge in [0.2, 0.25) is 0 Å². The predicted molar refractivity (Wildman–Crippen MR) is 79.5 cm³/mol. The highest BCUT2D eigenvalue weighted by Crippen LogP contribution is 2.54. The van der Waals surface area contributed by atoms with E-state index in [0.29, 0.717) is 0 Å². The number of aliphatic hydroxyl groups excluding tert-OH is 1. The molecule has 4 aliphatic heterocycles. The van der Waals surface area contributed by atoms with Gasteiger partial charge in [-0.1, -0.05) is 37.3 Å². The van der Waals surface area contributed by atoms with Crippen molar-refractivity contribution in [3.63, 3.8) is 0 Å². The minimum Gasteiger partial charge on any atom is -0.391 e. The number of hydrogen-bond acceptors (Lipinski definition) is 3. The third-order valence-corrected chi connectivity index (χ3v) is 6.13. The Bertz CT molecular complexity index is 521. The lowest BCUT2D eigenvalue weighted by Gasteiger charge is -2.72. The van der Waals surface area contributed by atoms with Crippen molar-refractivity contribution in [2.45, 2.75) is 38.0 Å². The average molecular weight is 272 g/mol. The summed E-state index contributed by atoms with van der Waals surface area (Å²) < 4.78 is 0. The molecule has 0 aliphatic carbocycles. The van der Waals surface area contributed by atoms with E-state index in [-0.39, 0.29) is 22.6 Å². The molecule has 108 valence electrons. The smallest absolute Gasteiger partial charge is 0.0739 e. The maximum Gasteiger partial charge on any atom is 0.0739 e. The molecule has 3 atom stereocenters. The number of nitrogens with zero attached hydrogens (tertiary/aromatic N) is 2. The molecule has 3 heteroatoms. The van der Waals surface area contributed by atoms with Crippen LogP contribution in [0.5, 0.6) is 0 Å². The molecule has 0 aromatic heterocycles. The molecule has 5 rings (SSSR count). The van der Waals surface area contributed by atoms with Gasteiger partial charge in [0, 0.05) is 37.0 Å². The third kappa shape index (κ3) is 1.36. The predicted octanol–water partition coefficient (Wildman–Crippen LogP) is 1.67. The number of benzene rings is 1. The summed E-state index contributed by atoms with van der Waals surface area (Å²) in [6, 6.07) is 10.6. The molecular weight excluding hydrogens is 248 g/mol. The first-order valence-electron chi connectivity index (χ1n) is 7.62. The topological polar surface area (TPSA) is 26.7 Å². The molecule has 2 unspecified atom stereocenters. The molecule has 0 amide bonds. The van der Waals surface area contributed by atoms with Gasteiger partial charge < -0.3 is 5.11 Å². The van der Waals surface area contributed by atoms with Gasteiger partial charge in [-0.3, -0.25) is 9.80 Å². The maximum atomic E-state index is 11.1. The van der Waals surface area contributed by atoms with Crippen molar-refractivity contribution in [2.24, 2.45) is 5.41 Å². The first-order valence-corrected chi connectivity index (χ1v) is 7.62. The van der Waals surface area contributed by atoms with E-state index in [4.69, 9.17) is 0 Å². The van der Waals surface area contributed by atoms with Gasteiger partial charge in [0.15, 0.2) is 0 Å². The molecule has 1 aromatic rings. The molecule has 0 spiro atoms. The highest BCUT2D eigenvalue weighted by Gasteiger charge is 2.66. The van der Waals surface area contributed by atoms with Crippen molar-refractivity contribution in [3.05, 3.63) is 35.9 Å². The summed E-state index contributed by atoms with van der Waals surface area (Å²) in [7, 11) is 0. The monoisotopic (exact) mass is 272 g/mol. The van der Waals surface area contributed by atoms with E-state index >= 15 is 0 Å². The summed E-state index contributed by atoms with van der Waals surface area (Å²) >= 11 is 0. The second kappa shape index (κ2) is 3.65. The number of hydrogen-bond donors (Lipinski definition) is 1. The lowest BCUT2D eigenvalue weighted by atomic mass is 9.56. The molecule has 4 heterocycles. The second-order valence-corrected chi connectivity index (χ2v) is 7.79. The normalized spacial score (nSPS) is 48.5. The van der Waals surface area contributed by atoms with Crippen LogP contribution in [-0.2, 0) is 5.41 Å². The molecule has 20 heavy (non-hydrogen) atoms. The number of rotatable bonds is 1. The Hall–Kier alpha value is -0.900. The first-order chi connectivity index (χ1) is 9.38. The Morgan fingerprint density at radius 2 is 1.50 bits per heavy atom. The fraction of sp³-hybridized carbons (Fsp3) is 0.647. The Labute approximate surface area is 121 Å². The van der Waals surface area contributed by atoms with Crippen molar-refractivity contribution < 1.29 is 5.11 Å². The van der Waals surface area contributed by atoms with Crippen LogP contribution in [0, 0.1) is 5.41 Å². The van der Waals surface area contributed by atoms with Crippen LogP contribution in [-0.4, -0.2) is 52.9 Å². The maximum absolute atomic E-state index is 11.1. The molecule has 1 N–H and O–H groups in total. The van der Waals surface area contributed by atoms with Gasteiger partial charge in [0.1, 0.15) is 0 Å². The molecule has 4 bridgehead atoms. The Morgan fingerprint density at radius 3 is 2.05 bits per heavy atom. The van der Waals surface area contributed by atoms with Gasteiger partial charge in [-0.2, -0.15) is 0 Å². The van der Waals surface area contributed by atoms with E-state index in [9.17, 15) is 5.11 Å². The fourth-order valence-corrected chi connectivity index (χ4v) is 4.86. The van der Waals surface area contributed by atoms with Gasteiger partial charge in [0.25, 0.3) is 0 Å². The highest BCUT2D eigenvalue weighted by atomic mass is 16.3. The van der Waals surface area contributed by atoms with Gasteiger partial charge in [-0.15, -0.1) is 0 Å². The van der Waals surface area contributed by atoms with Crippen LogP contribution in [0.3, 0.4) is 0 Å². The van der Waals surface area contributed by atoms with Gasteiger partial charge in [0.05, 0.1) is 11.8 Å². The van der Waals surface area contributed by atoms with Crippen molar-refractivity contribution in [2.75, 3.05) is 26.2 Å². The summed E-state index contributed by atoms with van der Waals surface area (Å²) in [5.74, 6) is 0. The van der Waals surface area contributed by atoms with Crippen LogP contribution in [0.2, 0.25) is 0 Å². The minimum absolute atomic E-state index is 0.0120. The highest BCUT2D eigenvalue weighted by molar-refractivity contribution is 5.35. The largest absolute Gasteiger partial charge is 0.391 e. The van der Waals surface area contributed by atoms with Crippen LogP contribution in [0.15, 0.2) is 30.3 Å². The summed E-state index contributed by atoms with van der Waals surface area (Å²) in [5, 5.41) is 11.1. The standard InChI is InChI=1S/C17H24N2O/c1-15(2)18-9-16(3)10-19(15)12-17(11-18,14(16)20)13-7-5-4-6-8-13/h4-8,14,20H,9-12H2,1-3H3/t14-,16?,17?/m0/s1. The zero-order chi connectivity index (χ0) is 14.2. The second-order valence-electron chi connectivity index (χ2n) is 7.79. The summed E-state index contributed by atoms with van der Waals surface area (Å²) in [6.45, 7) is 10.8. The van der Waals surface area contributed by atoms with Gasteiger partial charge in [-0.05, 0) is 19.4 Å². The summed E-state index contributed by atoms with van der Waals surface area (Å²) in [5.41, 5.74) is 1.28. The molecule has 3 nitrogen and oxygen atoms in total. The van der Waals surface area contributed by atoms with Crippen LogP contribution in [0.25, 0.3) is 0 Å². The molecule has 4 aliphatic rings. The molecule has 0 radical (unpaired) electrons. The zero-order valence-corrected chi connectivity index (χ0v) is 12.6. The molecule has 0 saturated carbocycles. The molecule has 4 fully saturated rings. The van der Waals surface area contributed by atoms with E-state index < -0.39 is 0 Å². The molecule has 1 aromatic carbocycles. The van der Waals surface area contributed by atoms with E-state index in [1.165, 1.54) is 5.56 Å². The average Bonchev–Trinajstić information content (AvgIpc) is 2.40. The SMILES string of the molecule is CC12CN3CC(c4ccccc4)(CN(C1)C3(C)C)[C@H]2O. The lowest BCUT2D eigenvalue weighted by molar-refractivity contribution is -0.258. The Kier molecular flexibility index (Phi) is 2.34. The quantitative estimate of drug-likeness (QED) is 0.842. The van der Waals surface area contributed by atoms with Crippen LogP contribution >= 0.6 is 0 Å². The van der Waals surface area contributed by atoms with Gasteiger partial charge in [-0.25, -0.2) is 0 Å². The number of piperidine rings is 2.